The Balaban J connectivity index is 1.03. The Labute approximate surface area is 323 Å². The molecule has 0 saturated heterocycles. The molecular formula is C45H40N6O5. The van der Waals surface area contributed by atoms with Crippen molar-refractivity contribution in [3.8, 4) is 11.1 Å². The molecule has 0 spiro atoms. The fourth-order valence-electron chi connectivity index (χ4n) is 6.67. The van der Waals surface area contributed by atoms with E-state index in [1.165, 1.54) is 0 Å². The Morgan fingerprint density at radius 2 is 1.27 bits per heavy atom. The number of amides is 2. The average Bonchev–Trinajstić information content (AvgIpc) is 3.23. The molecule has 0 aliphatic carbocycles. The van der Waals surface area contributed by atoms with Gasteiger partial charge in [-0.3, -0.25) is 19.6 Å². The Hall–Kier alpha value is -6.79. The largest absolute Gasteiger partial charge is 0.457 e. The first kappa shape index (κ1) is 37.5. The molecule has 0 saturated carbocycles. The van der Waals surface area contributed by atoms with E-state index in [-0.39, 0.29) is 38.1 Å². The average molecular weight is 745 g/mol. The van der Waals surface area contributed by atoms with Crippen LogP contribution in [-0.4, -0.2) is 45.9 Å². The van der Waals surface area contributed by atoms with E-state index in [1.807, 2.05) is 72.8 Å². The lowest BCUT2D eigenvalue weighted by Gasteiger charge is -2.17. The number of carbonyl (C=O) groups excluding carboxylic acids is 3. The number of benzene rings is 5. The third-order valence-electron chi connectivity index (χ3n) is 9.76. The van der Waals surface area contributed by atoms with E-state index in [2.05, 4.69) is 20.6 Å². The minimum atomic E-state index is -0.602. The molecule has 5 aromatic carbocycles. The Morgan fingerprint density at radius 3 is 1.95 bits per heavy atom. The van der Waals surface area contributed by atoms with Gasteiger partial charge in [0.15, 0.2) is 0 Å². The second kappa shape index (κ2) is 17.1. The third-order valence-corrected chi connectivity index (χ3v) is 9.76. The van der Waals surface area contributed by atoms with Crippen LogP contribution >= 0.6 is 0 Å². The highest BCUT2D eigenvalue weighted by Crippen LogP contribution is 2.33. The van der Waals surface area contributed by atoms with Gasteiger partial charge in [-0.1, -0.05) is 66.7 Å². The molecule has 7 N–H and O–H groups in total. The molecule has 2 aromatic heterocycles. The minimum Gasteiger partial charge on any atom is -0.457 e. The molecule has 0 bridgehead atoms. The Bertz CT molecular complexity index is 2520. The number of hydrogen-bond donors (Lipinski definition) is 5. The molecule has 7 aromatic rings. The number of esters is 1. The highest BCUT2D eigenvalue weighted by molar-refractivity contribution is 6.04. The van der Waals surface area contributed by atoms with E-state index in [0.717, 1.165) is 54.9 Å². The van der Waals surface area contributed by atoms with Crippen LogP contribution in [0.1, 0.15) is 44.4 Å². The van der Waals surface area contributed by atoms with Gasteiger partial charge in [-0.15, -0.1) is 0 Å². The van der Waals surface area contributed by atoms with Gasteiger partial charge in [0, 0.05) is 60.0 Å². The van der Waals surface area contributed by atoms with Gasteiger partial charge in [-0.05, 0) is 92.7 Å². The standard InChI is InChI=1S/C45H40N6O5/c46-22-40(43(53)50-37-13-12-36-24-48-16-14-32(36)19-37)31-10-6-29(7-11-31)27-56-45(55)35-3-1-2-33(18-35)39-21-38(20-34-15-17-49-25-42(34)39)51-44(54)41(23-47)30-8-4-28(26-52)5-9-30/h1-21,24-25,40-41,52H,22-23,26-27,46-47H2,(H,50,53)(H,51,54). The van der Waals surface area contributed by atoms with E-state index in [0.29, 0.717) is 16.9 Å². The zero-order valence-corrected chi connectivity index (χ0v) is 30.4. The number of nitrogens with one attached hydrogen (secondary N) is 2. The number of anilines is 2. The first-order chi connectivity index (χ1) is 27.3. The van der Waals surface area contributed by atoms with E-state index in [4.69, 9.17) is 16.2 Å². The van der Waals surface area contributed by atoms with Crippen molar-refractivity contribution in [2.45, 2.75) is 25.0 Å². The molecular weight excluding hydrogens is 705 g/mol. The highest BCUT2D eigenvalue weighted by Gasteiger charge is 2.22. The van der Waals surface area contributed by atoms with Gasteiger partial charge in [0.2, 0.25) is 11.8 Å². The van der Waals surface area contributed by atoms with Crippen molar-refractivity contribution >= 4 is 50.7 Å². The Morgan fingerprint density at radius 1 is 0.643 bits per heavy atom. The number of nitrogens with two attached hydrogens (primary N) is 2. The molecule has 0 radical (unpaired) electrons. The molecule has 280 valence electrons. The smallest absolute Gasteiger partial charge is 0.338 e. The van der Waals surface area contributed by atoms with E-state index >= 15 is 0 Å². The summed E-state index contributed by atoms with van der Waals surface area (Å²) in [4.78, 5) is 48.5. The van der Waals surface area contributed by atoms with Crippen LogP contribution in [0.4, 0.5) is 11.4 Å². The number of hydrogen-bond acceptors (Lipinski definition) is 9. The minimum absolute atomic E-state index is 0.0220. The van der Waals surface area contributed by atoms with Crippen molar-refractivity contribution in [1.82, 2.24) is 9.97 Å². The summed E-state index contributed by atoms with van der Waals surface area (Å²) < 4.78 is 5.71. The molecule has 7 rings (SSSR count). The van der Waals surface area contributed by atoms with Crippen LogP contribution in [0.15, 0.2) is 140 Å². The lowest BCUT2D eigenvalue weighted by molar-refractivity contribution is -0.118. The summed E-state index contributed by atoms with van der Waals surface area (Å²) in [5, 5.41) is 19.0. The molecule has 11 heteroatoms. The van der Waals surface area contributed by atoms with Crippen molar-refractivity contribution in [2.75, 3.05) is 23.7 Å². The van der Waals surface area contributed by atoms with E-state index in [1.54, 1.807) is 67.3 Å². The SMILES string of the molecule is NCC(C(=O)Nc1ccc2cnccc2c1)c1ccc(COC(=O)c2cccc(-c3cc(NC(=O)C(CN)c4ccc(CO)cc4)cc4ccncc34)c2)cc1. The zero-order valence-electron chi connectivity index (χ0n) is 30.4. The van der Waals surface area contributed by atoms with Crippen LogP contribution < -0.4 is 22.1 Å². The molecule has 0 aliphatic heterocycles. The maximum absolute atomic E-state index is 13.5. The third kappa shape index (κ3) is 8.45. The molecule has 2 atom stereocenters. The van der Waals surface area contributed by atoms with Crippen LogP contribution in [0.3, 0.4) is 0 Å². The zero-order chi connectivity index (χ0) is 39.0. The van der Waals surface area contributed by atoms with Crippen LogP contribution in [0.25, 0.3) is 32.7 Å². The maximum Gasteiger partial charge on any atom is 0.338 e. The van der Waals surface area contributed by atoms with Crippen molar-refractivity contribution < 1.29 is 24.2 Å². The second-order valence-electron chi connectivity index (χ2n) is 13.4. The van der Waals surface area contributed by atoms with Crippen LogP contribution in [0.2, 0.25) is 0 Å². The van der Waals surface area contributed by atoms with Crippen LogP contribution in [0, 0.1) is 0 Å². The monoisotopic (exact) mass is 744 g/mol. The molecule has 2 heterocycles. The number of pyridine rings is 2. The summed E-state index contributed by atoms with van der Waals surface area (Å²) in [6, 6.07) is 34.6. The van der Waals surface area contributed by atoms with Gasteiger partial charge in [-0.2, -0.15) is 0 Å². The van der Waals surface area contributed by atoms with Gasteiger partial charge in [0.1, 0.15) is 6.61 Å². The summed E-state index contributed by atoms with van der Waals surface area (Å²) in [6.45, 7) is 0.143. The first-order valence-electron chi connectivity index (χ1n) is 18.1. The molecule has 11 nitrogen and oxygen atoms in total. The highest BCUT2D eigenvalue weighted by atomic mass is 16.5. The number of aliphatic hydroxyl groups is 1. The molecule has 56 heavy (non-hydrogen) atoms. The number of aromatic nitrogens is 2. The topological polar surface area (TPSA) is 183 Å². The molecule has 2 amide bonds. The van der Waals surface area contributed by atoms with Crippen molar-refractivity contribution in [3.63, 3.8) is 0 Å². The maximum atomic E-state index is 13.5. The number of nitrogens with zero attached hydrogens (tertiary/aromatic N) is 2. The predicted molar refractivity (Wildman–Crippen MR) is 218 cm³/mol. The number of carbonyl (C=O) groups is 3. The summed E-state index contributed by atoms with van der Waals surface area (Å²) >= 11 is 0. The van der Waals surface area contributed by atoms with Crippen molar-refractivity contribution in [1.29, 1.82) is 0 Å². The quantitative estimate of drug-likeness (QED) is 0.0807. The summed E-state index contributed by atoms with van der Waals surface area (Å²) in [7, 11) is 0. The predicted octanol–water partition coefficient (Wildman–Crippen LogP) is 6.66. The van der Waals surface area contributed by atoms with Crippen LogP contribution in [-0.2, 0) is 27.5 Å². The Kier molecular flexibility index (Phi) is 11.5. The summed E-state index contributed by atoms with van der Waals surface area (Å²) in [5.74, 6) is -2.18. The second-order valence-corrected chi connectivity index (χ2v) is 13.4. The lowest BCUT2D eigenvalue weighted by Crippen LogP contribution is -2.27. The van der Waals surface area contributed by atoms with E-state index < -0.39 is 17.8 Å². The number of rotatable bonds is 13. The van der Waals surface area contributed by atoms with Crippen LogP contribution in [0.5, 0.6) is 0 Å². The number of ether oxygens (including phenoxy) is 1. The van der Waals surface area contributed by atoms with E-state index in [9.17, 15) is 19.5 Å². The van der Waals surface area contributed by atoms with Gasteiger partial charge in [0.05, 0.1) is 24.0 Å². The fraction of sp³-hybridized carbons (Fsp3) is 0.133. The number of aliphatic hydroxyl groups excluding tert-OH is 1. The van der Waals surface area contributed by atoms with Gasteiger partial charge in [0.25, 0.3) is 0 Å². The fourth-order valence-corrected chi connectivity index (χ4v) is 6.67. The molecule has 0 aliphatic rings. The summed E-state index contributed by atoms with van der Waals surface area (Å²) in [5.41, 5.74) is 18.1. The number of fused-ring (bicyclic) bond motifs is 2. The normalized spacial score (nSPS) is 12.2. The lowest BCUT2D eigenvalue weighted by atomic mass is 9.95. The van der Waals surface area contributed by atoms with Gasteiger partial charge < -0.3 is 31.9 Å². The summed E-state index contributed by atoms with van der Waals surface area (Å²) in [6.07, 6.45) is 6.90. The first-order valence-corrected chi connectivity index (χ1v) is 18.1. The van der Waals surface area contributed by atoms with Gasteiger partial charge in [-0.25, -0.2) is 4.79 Å². The van der Waals surface area contributed by atoms with Crippen molar-refractivity contribution in [2.24, 2.45) is 11.5 Å². The van der Waals surface area contributed by atoms with Crippen molar-refractivity contribution in [3.05, 3.63) is 168 Å². The van der Waals surface area contributed by atoms with Gasteiger partial charge >= 0.3 is 5.97 Å². The molecule has 2 unspecified atom stereocenters. The molecule has 0 fully saturated rings.